The first-order chi connectivity index (χ1) is 13.4. The van der Waals surface area contributed by atoms with Gasteiger partial charge in [-0.3, -0.25) is 14.9 Å². The predicted octanol–water partition coefficient (Wildman–Crippen LogP) is 4.24. The van der Waals surface area contributed by atoms with Crippen LogP contribution in [0.25, 0.3) is 11.4 Å². The molecule has 1 aromatic heterocycles. The fourth-order valence-electron chi connectivity index (χ4n) is 2.79. The van der Waals surface area contributed by atoms with E-state index in [1.54, 1.807) is 13.0 Å². The molecule has 1 heterocycles. The number of aromatic nitrogens is 3. The van der Waals surface area contributed by atoms with Crippen molar-refractivity contribution in [2.75, 3.05) is 4.31 Å². The number of hydrogen-bond donors (Lipinski definition) is 0. The zero-order valence-electron chi connectivity index (χ0n) is 15.7. The van der Waals surface area contributed by atoms with Gasteiger partial charge in [-0.25, -0.2) is 4.31 Å². The summed E-state index contributed by atoms with van der Waals surface area (Å²) in [5.74, 6) is 0.503. The molecule has 0 unspecified atom stereocenters. The van der Waals surface area contributed by atoms with Crippen molar-refractivity contribution in [3.05, 3.63) is 64.2 Å². The Bertz CT molecular complexity index is 1020. The number of amides is 1. The van der Waals surface area contributed by atoms with Crippen molar-refractivity contribution in [1.29, 1.82) is 0 Å². The number of nitro benzene ring substituents is 1. The summed E-state index contributed by atoms with van der Waals surface area (Å²) in [6, 6.07) is 14.1. The van der Waals surface area contributed by atoms with Crippen LogP contribution in [0.4, 0.5) is 11.4 Å². The molecule has 0 aliphatic rings. The summed E-state index contributed by atoms with van der Waals surface area (Å²) in [4.78, 5) is 22.8. The number of nitro groups is 1. The first-order valence-corrected chi connectivity index (χ1v) is 9.42. The summed E-state index contributed by atoms with van der Waals surface area (Å²) in [6.07, 6.45) is 0. The number of anilines is 1. The van der Waals surface area contributed by atoms with Crippen LogP contribution in [0.3, 0.4) is 0 Å². The van der Waals surface area contributed by atoms with E-state index in [1.165, 1.54) is 23.4 Å². The number of nitrogens with zero attached hydrogens (tertiary/aromatic N) is 5. The van der Waals surface area contributed by atoms with Crippen LogP contribution in [-0.4, -0.2) is 25.6 Å². The number of carbonyl (C=O) groups excluding carboxylic acids is 1. The first-order valence-electron chi connectivity index (χ1n) is 8.64. The Balaban J connectivity index is 1.97. The van der Waals surface area contributed by atoms with E-state index in [0.717, 1.165) is 23.3 Å². The molecule has 0 fully saturated rings. The van der Waals surface area contributed by atoms with Crippen LogP contribution in [0.2, 0.25) is 0 Å². The molecule has 0 saturated carbocycles. The van der Waals surface area contributed by atoms with Crippen LogP contribution in [-0.2, 0) is 11.3 Å². The van der Waals surface area contributed by atoms with E-state index in [-0.39, 0.29) is 11.6 Å². The van der Waals surface area contributed by atoms with Crippen molar-refractivity contribution in [2.45, 2.75) is 32.5 Å². The van der Waals surface area contributed by atoms with Crippen molar-refractivity contribution in [2.24, 2.45) is 0 Å². The lowest BCUT2D eigenvalue weighted by atomic mass is 10.2. The van der Waals surface area contributed by atoms with Gasteiger partial charge < -0.3 is 4.57 Å². The van der Waals surface area contributed by atoms with Crippen molar-refractivity contribution >= 4 is 29.2 Å². The molecule has 0 radical (unpaired) electrons. The molecule has 0 aliphatic heterocycles. The smallest absolute Gasteiger partial charge is 0.269 e. The number of carbonyl (C=O) groups is 1. The Kier molecular flexibility index (Phi) is 5.74. The van der Waals surface area contributed by atoms with E-state index in [2.05, 4.69) is 10.2 Å². The number of benzene rings is 2. The van der Waals surface area contributed by atoms with Gasteiger partial charge in [0.25, 0.3) is 5.69 Å². The van der Waals surface area contributed by atoms with Crippen molar-refractivity contribution < 1.29 is 9.72 Å². The summed E-state index contributed by atoms with van der Waals surface area (Å²) in [6.45, 7) is 5.79. The van der Waals surface area contributed by atoms with Gasteiger partial charge in [0.15, 0.2) is 5.82 Å². The third-order valence-electron chi connectivity index (χ3n) is 4.13. The third kappa shape index (κ3) is 3.89. The molecule has 8 nitrogen and oxygen atoms in total. The van der Waals surface area contributed by atoms with E-state index >= 15 is 0 Å². The van der Waals surface area contributed by atoms with Crippen LogP contribution in [0.5, 0.6) is 0 Å². The number of non-ortho nitro benzene ring substituents is 1. The van der Waals surface area contributed by atoms with E-state index in [4.69, 9.17) is 0 Å². The molecule has 9 heteroatoms. The Morgan fingerprint density at radius 1 is 1.21 bits per heavy atom. The molecule has 28 heavy (non-hydrogen) atoms. The predicted molar refractivity (Wildman–Crippen MR) is 108 cm³/mol. The second kappa shape index (κ2) is 8.22. The SMILES string of the molecule is CCn1c(SN(C(C)=O)c2ccc([N+](=O)[O-])cc2C)nnc1-c1ccccc1. The van der Waals surface area contributed by atoms with Gasteiger partial charge in [0.2, 0.25) is 11.1 Å². The zero-order chi connectivity index (χ0) is 20.3. The van der Waals surface area contributed by atoms with Crippen LogP contribution in [0.15, 0.2) is 53.7 Å². The van der Waals surface area contributed by atoms with Crippen LogP contribution in [0.1, 0.15) is 19.4 Å². The summed E-state index contributed by atoms with van der Waals surface area (Å²) in [5, 5.41) is 20.1. The summed E-state index contributed by atoms with van der Waals surface area (Å²) < 4.78 is 3.40. The standard InChI is InChI=1S/C19H19N5O3S/c1-4-22-18(15-8-6-5-7-9-15)20-21-19(22)28-23(14(3)25)17-11-10-16(24(26)27)12-13(17)2/h5-12H,4H2,1-3H3. The van der Waals surface area contributed by atoms with Gasteiger partial charge in [0.05, 0.1) is 10.6 Å². The van der Waals surface area contributed by atoms with Gasteiger partial charge in [-0.15, -0.1) is 10.2 Å². The number of hydrogen-bond acceptors (Lipinski definition) is 6. The Labute approximate surface area is 166 Å². The molecule has 0 saturated heterocycles. The van der Waals surface area contributed by atoms with Crippen molar-refractivity contribution in [1.82, 2.24) is 14.8 Å². The molecule has 2 aromatic carbocycles. The zero-order valence-corrected chi connectivity index (χ0v) is 16.5. The lowest BCUT2D eigenvalue weighted by molar-refractivity contribution is -0.384. The molecule has 3 rings (SSSR count). The summed E-state index contributed by atoms with van der Waals surface area (Å²) >= 11 is 1.15. The number of rotatable bonds is 6. The van der Waals surface area contributed by atoms with E-state index in [1.807, 2.05) is 41.8 Å². The van der Waals surface area contributed by atoms with E-state index in [9.17, 15) is 14.9 Å². The highest BCUT2D eigenvalue weighted by molar-refractivity contribution is 8.01. The topological polar surface area (TPSA) is 94.2 Å². The largest absolute Gasteiger partial charge is 0.301 e. The lowest BCUT2D eigenvalue weighted by Gasteiger charge is -2.21. The summed E-state index contributed by atoms with van der Waals surface area (Å²) in [5.41, 5.74) is 2.13. The molecular weight excluding hydrogens is 378 g/mol. The minimum Gasteiger partial charge on any atom is -0.301 e. The van der Waals surface area contributed by atoms with Gasteiger partial charge in [-0.1, -0.05) is 30.3 Å². The average Bonchev–Trinajstić information content (AvgIpc) is 3.09. The molecule has 0 atom stereocenters. The van der Waals surface area contributed by atoms with Gasteiger partial charge in [0.1, 0.15) is 0 Å². The lowest BCUT2D eigenvalue weighted by Crippen LogP contribution is -2.22. The minimum atomic E-state index is -0.456. The molecular formula is C19H19N5O3S. The van der Waals surface area contributed by atoms with Gasteiger partial charge in [-0.05, 0) is 25.5 Å². The maximum Gasteiger partial charge on any atom is 0.269 e. The van der Waals surface area contributed by atoms with Gasteiger partial charge >= 0.3 is 0 Å². The third-order valence-corrected chi connectivity index (χ3v) is 5.24. The molecule has 0 spiro atoms. The Hall–Kier alpha value is -3.20. The first kappa shape index (κ1) is 19.6. The fraction of sp³-hybridized carbons (Fsp3) is 0.211. The van der Waals surface area contributed by atoms with Crippen LogP contribution >= 0.6 is 11.9 Å². The van der Waals surface area contributed by atoms with E-state index < -0.39 is 4.92 Å². The molecule has 0 aliphatic carbocycles. The molecule has 0 N–H and O–H groups in total. The maximum absolute atomic E-state index is 12.3. The molecule has 1 amide bonds. The molecule has 3 aromatic rings. The highest BCUT2D eigenvalue weighted by atomic mass is 32.2. The molecule has 0 bridgehead atoms. The van der Waals surface area contributed by atoms with Crippen LogP contribution < -0.4 is 4.31 Å². The monoisotopic (exact) mass is 397 g/mol. The van der Waals surface area contributed by atoms with E-state index in [0.29, 0.717) is 23.0 Å². The Morgan fingerprint density at radius 3 is 2.50 bits per heavy atom. The quantitative estimate of drug-likeness (QED) is 0.351. The fourth-order valence-corrected chi connectivity index (χ4v) is 3.77. The normalized spacial score (nSPS) is 10.7. The van der Waals surface area contributed by atoms with Gasteiger partial charge in [-0.2, -0.15) is 0 Å². The van der Waals surface area contributed by atoms with Crippen molar-refractivity contribution in [3.8, 4) is 11.4 Å². The van der Waals surface area contributed by atoms with Gasteiger partial charge in [0, 0.05) is 43.1 Å². The summed E-state index contributed by atoms with van der Waals surface area (Å²) in [7, 11) is 0. The second-order valence-corrected chi connectivity index (χ2v) is 6.96. The Morgan fingerprint density at radius 2 is 1.93 bits per heavy atom. The van der Waals surface area contributed by atoms with Crippen LogP contribution in [0, 0.1) is 17.0 Å². The molecule has 144 valence electrons. The highest BCUT2D eigenvalue weighted by Gasteiger charge is 2.22. The second-order valence-electron chi connectivity index (χ2n) is 6.05. The minimum absolute atomic E-state index is 0.0159. The maximum atomic E-state index is 12.3. The number of aryl methyl sites for hydroxylation is 1. The van der Waals surface area contributed by atoms with Crippen molar-refractivity contribution in [3.63, 3.8) is 0 Å². The average molecular weight is 397 g/mol. The highest BCUT2D eigenvalue weighted by Crippen LogP contribution is 2.34.